The molecule has 0 aromatic carbocycles. The third kappa shape index (κ3) is 6.83. The molecular formula is C17H31IN6O. The summed E-state index contributed by atoms with van der Waals surface area (Å²) in [6.45, 7) is 7.77. The maximum atomic E-state index is 11.2. The van der Waals surface area contributed by atoms with E-state index in [1.54, 1.807) is 7.05 Å². The summed E-state index contributed by atoms with van der Waals surface area (Å²) < 4.78 is 2.18. The second-order valence-electron chi connectivity index (χ2n) is 6.92. The summed E-state index contributed by atoms with van der Waals surface area (Å²) in [5.41, 5.74) is 5.34. The topological polar surface area (TPSA) is 88.5 Å². The van der Waals surface area contributed by atoms with E-state index in [0.717, 1.165) is 44.3 Å². The van der Waals surface area contributed by atoms with Gasteiger partial charge < -0.3 is 20.5 Å². The molecule has 1 unspecified atom stereocenters. The number of piperidine rings is 1. The van der Waals surface area contributed by atoms with Crippen molar-refractivity contribution < 1.29 is 4.79 Å². The highest BCUT2D eigenvalue weighted by molar-refractivity contribution is 14.0. The van der Waals surface area contributed by atoms with E-state index in [4.69, 9.17) is 5.73 Å². The van der Waals surface area contributed by atoms with Gasteiger partial charge in [-0.05, 0) is 24.7 Å². The molecule has 2 rings (SSSR count). The number of likely N-dealkylation sites (tertiary alicyclic amines) is 1. The first kappa shape index (κ1) is 21.7. The lowest BCUT2D eigenvalue weighted by Gasteiger charge is -2.34. The van der Waals surface area contributed by atoms with Gasteiger partial charge in [0.25, 0.3) is 0 Å². The van der Waals surface area contributed by atoms with Crippen LogP contribution in [-0.4, -0.2) is 46.5 Å². The third-order valence-corrected chi connectivity index (χ3v) is 4.29. The van der Waals surface area contributed by atoms with E-state index < -0.39 is 0 Å². The highest BCUT2D eigenvalue weighted by Crippen LogP contribution is 2.19. The molecule has 1 atom stereocenters. The predicted molar refractivity (Wildman–Crippen MR) is 111 cm³/mol. The lowest BCUT2D eigenvalue weighted by atomic mass is 9.95. The lowest BCUT2D eigenvalue weighted by Crippen LogP contribution is -2.47. The zero-order valence-electron chi connectivity index (χ0n) is 15.4. The molecule has 7 nitrogen and oxygen atoms in total. The molecule has 1 aliphatic rings. The van der Waals surface area contributed by atoms with Crippen molar-refractivity contribution in [1.82, 2.24) is 19.8 Å². The summed E-state index contributed by atoms with van der Waals surface area (Å²) in [5, 5.41) is 3.41. The summed E-state index contributed by atoms with van der Waals surface area (Å²) in [6.07, 6.45) is 6.41. The molecule has 142 valence electrons. The number of nitrogens with one attached hydrogen (secondary N) is 1. The number of hydrogen-bond acceptors (Lipinski definition) is 3. The molecule has 8 heteroatoms. The minimum absolute atomic E-state index is 0. The van der Waals surface area contributed by atoms with Gasteiger partial charge in [-0.25, -0.2) is 4.98 Å². The smallest absolute Gasteiger partial charge is 0.217 e. The Hall–Kier alpha value is -1.32. The van der Waals surface area contributed by atoms with Crippen LogP contribution in [0.1, 0.15) is 38.9 Å². The number of nitrogens with zero attached hydrogens (tertiary/aromatic N) is 4. The van der Waals surface area contributed by atoms with Crippen LogP contribution >= 0.6 is 24.0 Å². The van der Waals surface area contributed by atoms with Gasteiger partial charge in [0, 0.05) is 45.5 Å². The van der Waals surface area contributed by atoms with E-state index >= 15 is 0 Å². The van der Waals surface area contributed by atoms with Crippen LogP contribution in [0.2, 0.25) is 0 Å². The Labute approximate surface area is 167 Å². The average molecular weight is 462 g/mol. The Morgan fingerprint density at radius 2 is 2.28 bits per heavy atom. The van der Waals surface area contributed by atoms with Crippen molar-refractivity contribution in [1.29, 1.82) is 0 Å². The zero-order chi connectivity index (χ0) is 17.5. The first-order valence-corrected chi connectivity index (χ1v) is 8.73. The maximum absolute atomic E-state index is 11.2. The van der Waals surface area contributed by atoms with Gasteiger partial charge in [-0.2, -0.15) is 0 Å². The van der Waals surface area contributed by atoms with Crippen LogP contribution in [0.4, 0.5) is 0 Å². The van der Waals surface area contributed by atoms with Crippen LogP contribution in [0, 0.1) is 11.8 Å². The molecule has 1 aromatic heterocycles. The number of aromatic nitrogens is 2. The van der Waals surface area contributed by atoms with Crippen molar-refractivity contribution in [2.24, 2.45) is 22.6 Å². The molecule has 0 spiro atoms. The predicted octanol–water partition coefficient (Wildman–Crippen LogP) is 1.82. The van der Waals surface area contributed by atoms with Gasteiger partial charge in [-0.15, -0.1) is 24.0 Å². The minimum Gasteiger partial charge on any atom is -0.370 e. The van der Waals surface area contributed by atoms with E-state index in [2.05, 4.69) is 38.6 Å². The molecule has 0 radical (unpaired) electrons. The number of carbonyl (C=O) groups excluding carboxylic acids is 1. The Bertz CT molecular complexity index is 571. The number of carbonyl (C=O) groups is 1. The number of primary amides is 1. The monoisotopic (exact) mass is 462 g/mol. The number of hydrogen-bond donors (Lipinski definition) is 2. The van der Waals surface area contributed by atoms with Crippen molar-refractivity contribution in [3.05, 3.63) is 18.2 Å². The Morgan fingerprint density at radius 1 is 1.52 bits per heavy atom. The van der Waals surface area contributed by atoms with Crippen molar-refractivity contribution in [2.45, 2.75) is 46.2 Å². The van der Waals surface area contributed by atoms with Gasteiger partial charge in [-0.3, -0.25) is 9.79 Å². The lowest BCUT2D eigenvalue weighted by molar-refractivity contribution is -0.119. The van der Waals surface area contributed by atoms with Crippen molar-refractivity contribution in [2.75, 3.05) is 20.1 Å². The van der Waals surface area contributed by atoms with Gasteiger partial charge >= 0.3 is 0 Å². The zero-order valence-corrected chi connectivity index (χ0v) is 17.8. The second-order valence-corrected chi connectivity index (χ2v) is 6.92. The number of halogens is 1. The van der Waals surface area contributed by atoms with E-state index in [1.807, 2.05) is 12.4 Å². The third-order valence-electron chi connectivity index (χ3n) is 4.29. The number of amides is 1. The number of guanidine groups is 1. The SMILES string of the molecule is CN=C(NCc1nccn1CC(C)C)N1CCCC(CC(N)=O)C1.I. The van der Waals surface area contributed by atoms with Crippen molar-refractivity contribution in [3.63, 3.8) is 0 Å². The van der Waals surface area contributed by atoms with Crippen molar-refractivity contribution >= 4 is 35.8 Å². The summed E-state index contributed by atoms with van der Waals surface area (Å²) in [4.78, 5) is 22.2. The van der Waals surface area contributed by atoms with Crippen LogP contribution in [0.5, 0.6) is 0 Å². The van der Waals surface area contributed by atoms with Gasteiger partial charge in [0.2, 0.25) is 5.91 Å². The van der Waals surface area contributed by atoms with Crippen LogP contribution in [0.25, 0.3) is 0 Å². The number of aliphatic imine (C=N–C) groups is 1. The normalized spacial score (nSPS) is 18.2. The number of imidazole rings is 1. The molecule has 0 saturated carbocycles. The molecule has 1 amide bonds. The molecule has 0 bridgehead atoms. The molecule has 1 aliphatic heterocycles. The highest BCUT2D eigenvalue weighted by atomic mass is 127. The molecule has 1 aromatic rings. The van der Waals surface area contributed by atoms with Crippen LogP contribution in [-0.2, 0) is 17.9 Å². The van der Waals surface area contributed by atoms with E-state index in [0.29, 0.717) is 24.8 Å². The fraction of sp³-hybridized carbons (Fsp3) is 0.706. The molecule has 2 heterocycles. The van der Waals surface area contributed by atoms with E-state index in [-0.39, 0.29) is 29.9 Å². The molecule has 0 aliphatic carbocycles. The maximum Gasteiger partial charge on any atom is 0.217 e. The molecule has 1 fully saturated rings. The van der Waals surface area contributed by atoms with E-state index in [1.165, 1.54) is 0 Å². The van der Waals surface area contributed by atoms with Gasteiger partial charge in [0.05, 0.1) is 6.54 Å². The van der Waals surface area contributed by atoms with E-state index in [9.17, 15) is 4.79 Å². The largest absolute Gasteiger partial charge is 0.370 e. The number of nitrogens with two attached hydrogens (primary N) is 1. The number of rotatable bonds is 6. The van der Waals surface area contributed by atoms with Crippen molar-refractivity contribution in [3.8, 4) is 0 Å². The van der Waals surface area contributed by atoms with Crippen LogP contribution in [0.15, 0.2) is 17.4 Å². The molecular weight excluding hydrogens is 431 g/mol. The van der Waals surface area contributed by atoms with Gasteiger partial charge in [-0.1, -0.05) is 13.8 Å². The quantitative estimate of drug-likeness (QED) is 0.384. The minimum atomic E-state index is -0.222. The summed E-state index contributed by atoms with van der Waals surface area (Å²) in [7, 11) is 1.79. The van der Waals surface area contributed by atoms with Gasteiger partial charge in [0.1, 0.15) is 5.82 Å². The molecule has 1 saturated heterocycles. The Balaban J connectivity index is 0.00000312. The molecule has 25 heavy (non-hydrogen) atoms. The first-order valence-electron chi connectivity index (χ1n) is 8.73. The summed E-state index contributed by atoms with van der Waals surface area (Å²) >= 11 is 0. The second kappa shape index (κ2) is 10.6. The highest BCUT2D eigenvalue weighted by Gasteiger charge is 2.23. The fourth-order valence-electron chi connectivity index (χ4n) is 3.27. The Kier molecular flexibility index (Phi) is 9.23. The summed E-state index contributed by atoms with van der Waals surface area (Å²) in [5.74, 6) is 2.55. The molecule has 3 N–H and O–H groups in total. The fourth-order valence-corrected chi connectivity index (χ4v) is 3.27. The Morgan fingerprint density at radius 3 is 2.92 bits per heavy atom. The van der Waals surface area contributed by atoms with Crippen LogP contribution < -0.4 is 11.1 Å². The average Bonchev–Trinajstić information content (AvgIpc) is 2.94. The van der Waals surface area contributed by atoms with Gasteiger partial charge in [0.15, 0.2) is 5.96 Å². The van der Waals surface area contributed by atoms with Crippen LogP contribution in [0.3, 0.4) is 0 Å². The standard InChI is InChI=1S/C17H30N6O.HI/c1-13(2)11-22-8-6-20-16(22)10-21-17(19-3)23-7-4-5-14(12-23)9-15(18)24;/h6,8,13-14H,4-5,7,9-12H2,1-3H3,(H2,18,24)(H,19,21);1H. The summed E-state index contributed by atoms with van der Waals surface area (Å²) in [6, 6.07) is 0. The first-order chi connectivity index (χ1) is 11.5.